The predicted octanol–water partition coefficient (Wildman–Crippen LogP) is 3.65. The second-order valence-corrected chi connectivity index (χ2v) is 7.21. The molecule has 1 amide bonds. The lowest BCUT2D eigenvalue weighted by Gasteiger charge is -2.09. The molecule has 0 aliphatic heterocycles. The Bertz CT molecular complexity index is 1190. The molecule has 9 heteroatoms. The molecule has 9 nitrogen and oxygen atoms in total. The summed E-state index contributed by atoms with van der Waals surface area (Å²) in [4.78, 5) is 34.5. The third-order valence-electron chi connectivity index (χ3n) is 4.34. The van der Waals surface area contributed by atoms with Gasteiger partial charge < -0.3 is 18.9 Å². The van der Waals surface area contributed by atoms with Crippen LogP contribution in [0, 0.1) is 0 Å². The maximum absolute atomic E-state index is 12.1. The summed E-state index contributed by atoms with van der Waals surface area (Å²) in [5.74, 6) is -0.0561. The molecular formula is C26H24N2O7. The van der Waals surface area contributed by atoms with Gasteiger partial charge in [0.2, 0.25) is 0 Å². The van der Waals surface area contributed by atoms with Crippen molar-refractivity contribution < 1.29 is 33.3 Å². The van der Waals surface area contributed by atoms with Gasteiger partial charge in [-0.15, -0.1) is 0 Å². The number of carbonyl (C=O) groups excluding carboxylic acids is 3. The van der Waals surface area contributed by atoms with Gasteiger partial charge in [0.1, 0.15) is 29.6 Å². The van der Waals surface area contributed by atoms with Crippen LogP contribution in [0.1, 0.15) is 25.0 Å². The molecule has 0 aliphatic carbocycles. The van der Waals surface area contributed by atoms with Gasteiger partial charge in [-0.3, -0.25) is 14.4 Å². The molecule has 0 fully saturated rings. The van der Waals surface area contributed by atoms with Crippen molar-refractivity contribution >= 4 is 24.1 Å². The zero-order chi connectivity index (χ0) is 25.0. The van der Waals surface area contributed by atoms with Crippen LogP contribution in [0.5, 0.6) is 23.0 Å². The van der Waals surface area contributed by atoms with E-state index in [0.717, 1.165) is 5.56 Å². The summed E-state index contributed by atoms with van der Waals surface area (Å²) in [7, 11) is 0. The van der Waals surface area contributed by atoms with Crippen molar-refractivity contribution in [2.75, 3.05) is 6.61 Å². The SMILES string of the molecule is CC(=O)Oc1ccc(/C=N/NC(=O)COc2ccc(OCc3ccccc3)cc2)c(OC(C)=O)c1. The Morgan fingerprint density at radius 1 is 0.800 bits per heavy atom. The van der Waals surface area contributed by atoms with Gasteiger partial charge in [0.05, 0.1) is 6.21 Å². The smallest absolute Gasteiger partial charge is 0.308 e. The highest BCUT2D eigenvalue weighted by Gasteiger charge is 2.09. The van der Waals surface area contributed by atoms with Gasteiger partial charge in [-0.2, -0.15) is 5.10 Å². The molecule has 0 spiro atoms. The second kappa shape index (κ2) is 12.5. The van der Waals surface area contributed by atoms with Crippen molar-refractivity contribution in [3.8, 4) is 23.0 Å². The summed E-state index contributed by atoms with van der Waals surface area (Å²) in [5, 5.41) is 3.86. The highest BCUT2D eigenvalue weighted by molar-refractivity contribution is 5.87. The normalized spacial score (nSPS) is 10.5. The number of hydrogen-bond acceptors (Lipinski definition) is 8. The Hall–Kier alpha value is -4.66. The molecule has 35 heavy (non-hydrogen) atoms. The third-order valence-corrected chi connectivity index (χ3v) is 4.34. The van der Waals surface area contributed by atoms with E-state index in [0.29, 0.717) is 23.7 Å². The number of benzene rings is 3. The van der Waals surface area contributed by atoms with Crippen LogP contribution >= 0.6 is 0 Å². The number of esters is 2. The molecule has 0 atom stereocenters. The minimum atomic E-state index is -0.562. The quantitative estimate of drug-likeness (QED) is 0.206. The zero-order valence-corrected chi connectivity index (χ0v) is 19.2. The van der Waals surface area contributed by atoms with E-state index in [1.165, 1.54) is 38.3 Å². The molecular weight excluding hydrogens is 452 g/mol. The van der Waals surface area contributed by atoms with Gasteiger partial charge in [0, 0.05) is 25.5 Å². The monoisotopic (exact) mass is 476 g/mol. The Morgan fingerprint density at radius 3 is 2.09 bits per heavy atom. The first-order valence-corrected chi connectivity index (χ1v) is 10.6. The van der Waals surface area contributed by atoms with E-state index in [2.05, 4.69) is 10.5 Å². The van der Waals surface area contributed by atoms with Gasteiger partial charge >= 0.3 is 11.9 Å². The summed E-state index contributed by atoms with van der Waals surface area (Å²) < 4.78 is 21.3. The molecule has 0 saturated carbocycles. The lowest BCUT2D eigenvalue weighted by Crippen LogP contribution is -2.24. The molecule has 0 saturated heterocycles. The lowest BCUT2D eigenvalue weighted by atomic mass is 10.2. The number of nitrogens with zero attached hydrogens (tertiary/aromatic N) is 1. The molecule has 1 N–H and O–H groups in total. The summed E-state index contributed by atoms with van der Waals surface area (Å²) in [6, 6.07) is 21.1. The molecule has 0 heterocycles. The van der Waals surface area contributed by atoms with E-state index < -0.39 is 17.8 Å². The minimum Gasteiger partial charge on any atom is -0.489 e. The first-order chi connectivity index (χ1) is 16.9. The third kappa shape index (κ3) is 8.65. The van der Waals surface area contributed by atoms with E-state index in [9.17, 15) is 14.4 Å². The second-order valence-electron chi connectivity index (χ2n) is 7.21. The van der Waals surface area contributed by atoms with Gasteiger partial charge in [-0.25, -0.2) is 5.43 Å². The zero-order valence-electron chi connectivity index (χ0n) is 19.2. The van der Waals surface area contributed by atoms with Gasteiger partial charge in [0.25, 0.3) is 5.91 Å². The number of ether oxygens (including phenoxy) is 4. The minimum absolute atomic E-state index is 0.125. The fourth-order valence-corrected chi connectivity index (χ4v) is 2.82. The van der Waals surface area contributed by atoms with Gasteiger partial charge in [-0.1, -0.05) is 30.3 Å². The highest BCUT2D eigenvalue weighted by Crippen LogP contribution is 2.24. The van der Waals surface area contributed by atoms with Gasteiger partial charge in [-0.05, 0) is 42.0 Å². The average molecular weight is 476 g/mol. The van der Waals surface area contributed by atoms with Crippen LogP contribution in [-0.2, 0) is 21.0 Å². The number of nitrogens with one attached hydrogen (secondary N) is 1. The lowest BCUT2D eigenvalue weighted by molar-refractivity contribution is -0.132. The molecule has 0 unspecified atom stereocenters. The number of hydrazone groups is 1. The molecule has 3 aromatic carbocycles. The van der Waals surface area contributed by atoms with Crippen LogP contribution in [0.15, 0.2) is 77.9 Å². The van der Waals surface area contributed by atoms with Crippen LogP contribution in [0.4, 0.5) is 0 Å². The number of carbonyl (C=O) groups is 3. The van der Waals surface area contributed by atoms with Crippen molar-refractivity contribution in [3.63, 3.8) is 0 Å². The van der Waals surface area contributed by atoms with E-state index in [1.54, 1.807) is 24.3 Å². The predicted molar refractivity (Wildman–Crippen MR) is 128 cm³/mol. The van der Waals surface area contributed by atoms with Crippen LogP contribution < -0.4 is 24.4 Å². The summed E-state index contributed by atoms with van der Waals surface area (Å²) in [5.41, 5.74) is 3.79. The maximum Gasteiger partial charge on any atom is 0.308 e. The fourth-order valence-electron chi connectivity index (χ4n) is 2.82. The summed E-state index contributed by atoms with van der Waals surface area (Å²) >= 11 is 0. The number of rotatable bonds is 10. The fraction of sp³-hybridized carbons (Fsp3) is 0.154. The molecule has 0 radical (unpaired) electrons. The van der Waals surface area contributed by atoms with E-state index in [1.807, 2.05) is 30.3 Å². The average Bonchev–Trinajstić information content (AvgIpc) is 2.83. The van der Waals surface area contributed by atoms with E-state index in [-0.39, 0.29) is 18.1 Å². The van der Waals surface area contributed by atoms with Crippen LogP contribution in [0.25, 0.3) is 0 Å². The molecule has 0 aromatic heterocycles. The Kier molecular flexibility index (Phi) is 8.95. The molecule has 0 bridgehead atoms. The number of amides is 1. The van der Waals surface area contributed by atoms with Gasteiger partial charge in [0.15, 0.2) is 6.61 Å². The van der Waals surface area contributed by atoms with Crippen LogP contribution in [0.3, 0.4) is 0 Å². The van der Waals surface area contributed by atoms with Crippen LogP contribution in [0.2, 0.25) is 0 Å². The standard InChI is InChI=1S/C26H24N2O7/c1-18(29)34-24-9-8-21(25(14-24)35-19(2)30)15-27-28-26(31)17-33-23-12-10-22(11-13-23)32-16-20-6-4-3-5-7-20/h3-15H,16-17H2,1-2H3,(H,28,31)/b27-15+. The molecule has 180 valence electrons. The van der Waals surface area contributed by atoms with Crippen molar-refractivity contribution in [2.24, 2.45) is 5.10 Å². The molecule has 3 aromatic rings. The largest absolute Gasteiger partial charge is 0.489 e. The first kappa shape index (κ1) is 25.0. The Labute approximate surface area is 202 Å². The summed E-state index contributed by atoms with van der Waals surface area (Å²) in [6.45, 7) is 2.68. The highest BCUT2D eigenvalue weighted by atomic mass is 16.5. The number of hydrogen-bond donors (Lipinski definition) is 1. The molecule has 3 rings (SSSR count). The van der Waals surface area contributed by atoms with E-state index in [4.69, 9.17) is 18.9 Å². The Morgan fingerprint density at radius 2 is 1.43 bits per heavy atom. The van der Waals surface area contributed by atoms with Crippen molar-refractivity contribution in [1.29, 1.82) is 0 Å². The Balaban J connectivity index is 1.48. The topological polar surface area (TPSA) is 113 Å². The summed E-state index contributed by atoms with van der Waals surface area (Å²) in [6.07, 6.45) is 1.30. The van der Waals surface area contributed by atoms with Crippen LogP contribution in [-0.4, -0.2) is 30.7 Å². The first-order valence-electron chi connectivity index (χ1n) is 10.6. The van der Waals surface area contributed by atoms with Crippen molar-refractivity contribution in [1.82, 2.24) is 5.43 Å². The maximum atomic E-state index is 12.1. The van der Waals surface area contributed by atoms with E-state index >= 15 is 0 Å². The van der Waals surface area contributed by atoms with Crippen molar-refractivity contribution in [3.05, 3.63) is 83.9 Å². The molecule has 0 aliphatic rings. The van der Waals surface area contributed by atoms with Crippen molar-refractivity contribution in [2.45, 2.75) is 20.5 Å².